The summed E-state index contributed by atoms with van der Waals surface area (Å²) >= 11 is 2.09. The molecule has 11 heteroatoms. The Kier molecular flexibility index (Phi) is 7.83. The molecule has 0 atom stereocenters. The van der Waals surface area contributed by atoms with Crippen LogP contribution in [0.4, 0.5) is 14.5 Å². The predicted octanol–water partition coefficient (Wildman–Crippen LogP) is 6.63. The second kappa shape index (κ2) is 11.1. The van der Waals surface area contributed by atoms with E-state index in [0.29, 0.717) is 40.6 Å². The molecule has 3 aromatic heterocycles. The number of aromatic nitrogens is 5. The highest BCUT2D eigenvalue weighted by Gasteiger charge is 2.22. The summed E-state index contributed by atoms with van der Waals surface area (Å²) in [7, 11) is -1.23. The zero-order chi connectivity index (χ0) is 27.7. The Balaban J connectivity index is 1.54. The number of imidazole rings is 2. The minimum atomic E-state index is -1.23. The molecule has 3 heterocycles. The molecule has 0 radical (unpaired) electrons. The summed E-state index contributed by atoms with van der Waals surface area (Å²) in [5, 5.41) is 0. The Labute approximate surface area is 240 Å². The SMILES string of the molecule is C[Si](C)(C)CCOCn1cc(Cc2ccccc2)nc1-c1nc(I)n2cc(-c3c(F)ccc(N)c3F)ncc12. The Bertz CT molecular complexity index is 1630. The van der Waals surface area contributed by atoms with E-state index < -0.39 is 19.7 Å². The maximum atomic E-state index is 14.7. The fourth-order valence-corrected chi connectivity index (χ4v) is 5.63. The molecule has 7 nitrogen and oxygen atoms in total. The predicted molar refractivity (Wildman–Crippen MR) is 160 cm³/mol. The highest BCUT2D eigenvalue weighted by molar-refractivity contribution is 14.1. The summed E-state index contributed by atoms with van der Waals surface area (Å²) in [6.45, 7) is 7.96. The summed E-state index contributed by atoms with van der Waals surface area (Å²) < 4.78 is 39.7. The molecule has 0 saturated carbocycles. The van der Waals surface area contributed by atoms with Gasteiger partial charge in [0.2, 0.25) is 0 Å². The van der Waals surface area contributed by atoms with Crippen molar-refractivity contribution in [3.05, 3.63) is 87.8 Å². The minimum Gasteiger partial charge on any atom is -0.396 e. The summed E-state index contributed by atoms with van der Waals surface area (Å²) in [5.74, 6) is -0.931. The van der Waals surface area contributed by atoms with Gasteiger partial charge >= 0.3 is 0 Å². The van der Waals surface area contributed by atoms with Crippen LogP contribution >= 0.6 is 22.6 Å². The summed E-state index contributed by atoms with van der Waals surface area (Å²) in [5.41, 5.74) is 8.70. The van der Waals surface area contributed by atoms with Gasteiger partial charge in [-0.05, 0) is 23.7 Å². The maximum Gasteiger partial charge on any atom is 0.176 e. The molecule has 2 N–H and O–H groups in total. The van der Waals surface area contributed by atoms with Gasteiger partial charge in [0.15, 0.2) is 15.5 Å². The third-order valence-corrected chi connectivity index (χ3v) is 8.82. The zero-order valence-corrected chi connectivity index (χ0v) is 25.1. The topological polar surface area (TPSA) is 83.3 Å². The van der Waals surface area contributed by atoms with E-state index in [-0.39, 0.29) is 16.9 Å². The average molecular weight is 659 g/mol. The first-order valence-electron chi connectivity index (χ1n) is 12.6. The third-order valence-electron chi connectivity index (χ3n) is 6.35. The molecule has 0 unspecified atom stereocenters. The van der Waals surface area contributed by atoms with Gasteiger partial charge in [-0.3, -0.25) is 9.38 Å². The highest BCUT2D eigenvalue weighted by atomic mass is 127. The van der Waals surface area contributed by atoms with Gasteiger partial charge in [-0.25, -0.2) is 18.7 Å². The van der Waals surface area contributed by atoms with Gasteiger partial charge in [0.05, 0.1) is 34.4 Å². The van der Waals surface area contributed by atoms with Gasteiger partial charge in [-0.2, -0.15) is 0 Å². The van der Waals surface area contributed by atoms with Crippen LogP contribution in [0.5, 0.6) is 0 Å². The fraction of sp³-hybridized carbons (Fsp3) is 0.250. The van der Waals surface area contributed by atoms with Crippen molar-refractivity contribution < 1.29 is 13.5 Å². The van der Waals surface area contributed by atoms with Crippen molar-refractivity contribution in [3.8, 4) is 22.8 Å². The van der Waals surface area contributed by atoms with Crippen molar-refractivity contribution in [3.63, 3.8) is 0 Å². The van der Waals surface area contributed by atoms with Crippen LogP contribution in [-0.2, 0) is 17.9 Å². The standard InChI is InChI=1S/C28H29F2IN6OSi/c1-39(2,3)12-11-38-17-36-15-19(13-18-7-5-4-6-8-18)34-27(36)26-23-14-33-22(16-37(23)28(31)35-26)24-20(29)9-10-21(32)25(24)30/h4-10,14-16H,11-13,17,32H2,1-3H3. The van der Waals surface area contributed by atoms with Gasteiger partial charge in [-0.1, -0.05) is 50.0 Å². The Morgan fingerprint density at radius 1 is 1.03 bits per heavy atom. The van der Waals surface area contributed by atoms with Crippen LogP contribution < -0.4 is 5.73 Å². The molecule has 0 bridgehead atoms. The summed E-state index contributed by atoms with van der Waals surface area (Å²) in [4.78, 5) is 14.1. The van der Waals surface area contributed by atoms with Crippen molar-refractivity contribution >= 4 is 41.9 Å². The number of halogens is 3. The maximum absolute atomic E-state index is 14.7. The van der Waals surface area contributed by atoms with Crippen molar-refractivity contribution in [1.82, 2.24) is 23.9 Å². The van der Waals surface area contributed by atoms with Crippen molar-refractivity contribution in [2.45, 2.75) is 38.8 Å². The van der Waals surface area contributed by atoms with Crippen LogP contribution in [0.3, 0.4) is 0 Å². The number of hydrogen-bond donors (Lipinski definition) is 1. The quantitative estimate of drug-likeness (QED) is 0.0833. The second-order valence-electron chi connectivity index (χ2n) is 10.6. The molecule has 0 spiro atoms. The van der Waals surface area contributed by atoms with Crippen molar-refractivity contribution in [2.75, 3.05) is 12.3 Å². The molecule has 5 aromatic rings. The number of hydrogen-bond acceptors (Lipinski definition) is 5. The molecule has 0 aliphatic heterocycles. The normalized spacial score (nSPS) is 11.9. The van der Waals surface area contributed by atoms with Crippen LogP contribution in [0.1, 0.15) is 11.3 Å². The van der Waals surface area contributed by atoms with E-state index >= 15 is 0 Å². The number of nitrogens with zero attached hydrogens (tertiary/aromatic N) is 5. The highest BCUT2D eigenvalue weighted by Crippen LogP contribution is 2.31. The van der Waals surface area contributed by atoms with E-state index in [4.69, 9.17) is 20.4 Å². The molecule has 0 saturated heterocycles. The zero-order valence-electron chi connectivity index (χ0n) is 22.0. The van der Waals surface area contributed by atoms with E-state index in [1.54, 1.807) is 16.8 Å². The van der Waals surface area contributed by atoms with Crippen LogP contribution in [0, 0.1) is 15.5 Å². The molecular weight excluding hydrogens is 629 g/mol. The second-order valence-corrected chi connectivity index (χ2v) is 17.2. The number of benzene rings is 2. The lowest BCUT2D eigenvalue weighted by molar-refractivity contribution is 0.0882. The molecule has 0 aliphatic carbocycles. The van der Waals surface area contributed by atoms with Gasteiger partial charge < -0.3 is 15.0 Å². The van der Waals surface area contributed by atoms with Crippen molar-refractivity contribution in [2.24, 2.45) is 0 Å². The summed E-state index contributed by atoms with van der Waals surface area (Å²) in [6, 6.07) is 13.5. The van der Waals surface area contributed by atoms with Crippen LogP contribution in [0.15, 0.2) is 61.1 Å². The lowest BCUT2D eigenvalue weighted by Crippen LogP contribution is -2.22. The number of nitrogen functional groups attached to an aromatic ring is 1. The third kappa shape index (κ3) is 6.04. The Morgan fingerprint density at radius 3 is 2.54 bits per heavy atom. The number of rotatable bonds is 9. The lowest BCUT2D eigenvalue weighted by atomic mass is 10.1. The lowest BCUT2D eigenvalue weighted by Gasteiger charge is -2.16. The minimum absolute atomic E-state index is 0.120. The number of nitrogens with two attached hydrogens (primary N) is 1. The van der Waals surface area contributed by atoms with Crippen molar-refractivity contribution in [1.29, 1.82) is 0 Å². The number of ether oxygens (including phenoxy) is 1. The Hall–Kier alpha value is -3.16. The summed E-state index contributed by atoms with van der Waals surface area (Å²) in [6.07, 6.45) is 5.78. The molecule has 2 aromatic carbocycles. The van der Waals surface area contributed by atoms with Gasteiger partial charge in [0, 0.05) is 56.1 Å². The smallest absolute Gasteiger partial charge is 0.176 e. The molecule has 0 amide bonds. The molecule has 5 rings (SSSR count). The van der Waals surface area contributed by atoms with E-state index in [1.165, 1.54) is 6.07 Å². The molecular formula is C28H29F2IN6OSi. The molecule has 0 fully saturated rings. The molecule has 202 valence electrons. The first-order valence-corrected chi connectivity index (χ1v) is 17.3. The average Bonchev–Trinajstić information content (AvgIpc) is 3.44. The number of fused-ring (bicyclic) bond motifs is 1. The largest absolute Gasteiger partial charge is 0.396 e. The van der Waals surface area contributed by atoms with E-state index in [0.717, 1.165) is 23.4 Å². The van der Waals surface area contributed by atoms with Crippen LogP contribution in [0.2, 0.25) is 25.7 Å². The molecule has 39 heavy (non-hydrogen) atoms. The monoisotopic (exact) mass is 658 g/mol. The van der Waals surface area contributed by atoms with E-state index in [2.05, 4.69) is 59.3 Å². The van der Waals surface area contributed by atoms with Gasteiger partial charge in [0.25, 0.3) is 0 Å². The van der Waals surface area contributed by atoms with Gasteiger partial charge in [0.1, 0.15) is 18.2 Å². The van der Waals surface area contributed by atoms with Crippen LogP contribution in [0.25, 0.3) is 28.3 Å². The Morgan fingerprint density at radius 2 is 1.79 bits per heavy atom. The fourth-order valence-electron chi connectivity index (χ4n) is 4.24. The van der Waals surface area contributed by atoms with E-state index in [9.17, 15) is 8.78 Å². The first-order chi connectivity index (χ1) is 18.6. The number of anilines is 1. The van der Waals surface area contributed by atoms with E-state index in [1.807, 2.05) is 29.0 Å². The van der Waals surface area contributed by atoms with Gasteiger partial charge in [-0.15, -0.1) is 0 Å². The molecule has 0 aliphatic rings. The van der Waals surface area contributed by atoms with Crippen LogP contribution in [-0.4, -0.2) is 38.6 Å². The first kappa shape index (κ1) is 27.4.